The Morgan fingerprint density at radius 3 is 2.14 bits per heavy atom. The predicted molar refractivity (Wildman–Crippen MR) is 93.6 cm³/mol. The molecule has 0 aliphatic heterocycles. The predicted octanol–water partition coefficient (Wildman–Crippen LogP) is 6.12. The van der Waals surface area contributed by atoms with Crippen LogP contribution >= 0.6 is 34.8 Å². The van der Waals surface area contributed by atoms with Gasteiger partial charge in [0.25, 0.3) is 0 Å². The van der Waals surface area contributed by atoms with E-state index in [4.69, 9.17) is 34.8 Å². The molecular formula is C17H18Cl3N. The number of halogens is 3. The number of rotatable bonds is 4. The molecule has 0 spiro atoms. The van der Waals surface area contributed by atoms with Crippen LogP contribution in [0.3, 0.4) is 0 Å². The maximum Gasteiger partial charge on any atom is 0.0514 e. The number of benzene rings is 2. The Balaban J connectivity index is 2.38. The van der Waals surface area contributed by atoms with Crippen molar-refractivity contribution in [3.8, 4) is 11.1 Å². The minimum atomic E-state index is 0.463. The molecular weight excluding hydrogens is 325 g/mol. The zero-order chi connectivity index (χ0) is 15.6. The van der Waals surface area contributed by atoms with Crippen molar-refractivity contribution < 1.29 is 0 Å². The van der Waals surface area contributed by atoms with Crippen molar-refractivity contribution >= 4 is 34.8 Å². The van der Waals surface area contributed by atoms with E-state index in [1.165, 1.54) is 5.56 Å². The van der Waals surface area contributed by atoms with Gasteiger partial charge in [-0.25, -0.2) is 0 Å². The van der Waals surface area contributed by atoms with E-state index < -0.39 is 0 Å². The first-order valence-corrected chi connectivity index (χ1v) is 7.99. The highest BCUT2D eigenvalue weighted by atomic mass is 35.5. The lowest BCUT2D eigenvalue weighted by molar-refractivity contribution is 0.589. The first-order chi connectivity index (χ1) is 9.88. The van der Waals surface area contributed by atoms with Gasteiger partial charge in [0, 0.05) is 23.2 Å². The van der Waals surface area contributed by atoms with Gasteiger partial charge in [-0.3, -0.25) is 0 Å². The van der Waals surface area contributed by atoms with Crippen LogP contribution < -0.4 is 5.32 Å². The quantitative estimate of drug-likeness (QED) is 0.705. The molecule has 0 fully saturated rings. The van der Waals surface area contributed by atoms with Crippen LogP contribution in [0.15, 0.2) is 30.3 Å². The van der Waals surface area contributed by atoms with E-state index in [-0.39, 0.29) is 0 Å². The molecule has 0 radical (unpaired) electrons. The zero-order valence-electron chi connectivity index (χ0n) is 12.3. The lowest BCUT2D eigenvalue weighted by atomic mass is 9.98. The average molecular weight is 343 g/mol. The summed E-state index contributed by atoms with van der Waals surface area (Å²) in [5.41, 5.74) is 4.26. The normalized spacial score (nSPS) is 11.2. The third kappa shape index (κ3) is 4.14. The molecule has 0 saturated heterocycles. The SMILES string of the molecule is Cc1cc(CNC(C)C)ccc1-c1c(Cl)cc(Cl)cc1Cl. The van der Waals surface area contributed by atoms with Crippen molar-refractivity contribution in [2.75, 3.05) is 0 Å². The van der Waals surface area contributed by atoms with Crippen molar-refractivity contribution in [3.05, 3.63) is 56.5 Å². The lowest BCUT2D eigenvalue weighted by Gasteiger charge is -2.14. The first-order valence-electron chi connectivity index (χ1n) is 6.86. The van der Waals surface area contributed by atoms with E-state index in [2.05, 4.69) is 44.3 Å². The fraction of sp³-hybridized carbons (Fsp3) is 0.294. The molecule has 2 rings (SSSR count). The lowest BCUT2D eigenvalue weighted by Crippen LogP contribution is -2.21. The average Bonchev–Trinajstić information content (AvgIpc) is 2.37. The third-order valence-electron chi connectivity index (χ3n) is 3.28. The van der Waals surface area contributed by atoms with E-state index in [1.54, 1.807) is 12.1 Å². The van der Waals surface area contributed by atoms with Crippen LogP contribution in [-0.4, -0.2) is 6.04 Å². The maximum absolute atomic E-state index is 6.30. The molecule has 0 amide bonds. The van der Waals surface area contributed by atoms with Gasteiger partial charge >= 0.3 is 0 Å². The monoisotopic (exact) mass is 341 g/mol. The summed E-state index contributed by atoms with van der Waals surface area (Å²) in [6.07, 6.45) is 0. The molecule has 112 valence electrons. The highest BCUT2D eigenvalue weighted by Crippen LogP contribution is 2.38. The fourth-order valence-corrected chi connectivity index (χ4v) is 3.26. The van der Waals surface area contributed by atoms with E-state index in [0.29, 0.717) is 21.1 Å². The molecule has 0 bridgehead atoms. The molecule has 2 aromatic rings. The van der Waals surface area contributed by atoms with Crippen molar-refractivity contribution in [3.63, 3.8) is 0 Å². The van der Waals surface area contributed by atoms with Gasteiger partial charge in [-0.1, -0.05) is 66.8 Å². The summed E-state index contributed by atoms with van der Waals surface area (Å²) >= 11 is 18.6. The Bertz CT molecular complexity index is 627. The second kappa shape index (κ2) is 7.02. The summed E-state index contributed by atoms with van der Waals surface area (Å²) in [7, 11) is 0. The number of hydrogen-bond acceptors (Lipinski definition) is 1. The Morgan fingerprint density at radius 1 is 1.00 bits per heavy atom. The van der Waals surface area contributed by atoms with Crippen LogP contribution in [-0.2, 0) is 6.54 Å². The molecule has 2 aromatic carbocycles. The van der Waals surface area contributed by atoms with Crippen LogP contribution in [0.4, 0.5) is 0 Å². The van der Waals surface area contributed by atoms with Gasteiger partial charge in [0.05, 0.1) is 10.0 Å². The van der Waals surface area contributed by atoms with E-state index in [9.17, 15) is 0 Å². The van der Waals surface area contributed by atoms with Crippen molar-refractivity contribution in [2.24, 2.45) is 0 Å². The molecule has 0 aromatic heterocycles. The first kappa shape index (κ1) is 16.6. The minimum Gasteiger partial charge on any atom is -0.310 e. The van der Waals surface area contributed by atoms with Crippen molar-refractivity contribution in [2.45, 2.75) is 33.4 Å². The molecule has 0 atom stereocenters. The Hall–Kier alpha value is -0.730. The number of aryl methyl sites for hydroxylation is 1. The van der Waals surface area contributed by atoms with E-state index in [1.807, 2.05) is 0 Å². The highest BCUT2D eigenvalue weighted by Gasteiger charge is 2.12. The smallest absolute Gasteiger partial charge is 0.0514 e. The van der Waals surface area contributed by atoms with E-state index in [0.717, 1.165) is 23.2 Å². The molecule has 4 heteroatoms. The van der Waals surface area contributed by atoms with Gasteiger partial charge in [0.15, 0.2) is 0 Å². The number of hydrogen-bond donors (Lipinski definition) is 1. The summed E-state index contributed by atoms with van der Waals surface area (Å²) in [5.74, 6) is 0. The van der Waals surface area contributed by atoms with Gasteiger partial charge in [-0.05, 0) is 35.7 Å². The fourth-order valence-electron chi connectivity index (χ4n) is 2.24. The Morgan fingerprint density at radius 2 is 1.62 bits per heavy atom. The van der Waals surface area contributed by atoms with Gasteiger partial charge in [0.1, 0.15) is 0 Å². The molecule has 21 heavy (non-hydrogen) atoms. The summed E-state index contributed by atoms with van der Waals surface area (Å²) in [6.45, 7) is 7.18. The maximum atomic E-state index is 6.30. The van der Waals surface area contributed by atoms with Crippen LogP contribution in [0.5, 0.6) is 0 Å². The molecule has 0 aliphatic rings. The molecule has 1 N–H and O–H groups in total. The number of nitrogens with one attached hydrogen (secondary N) is 1. The molecule has 0 unspecified atom stereocenters. The van der Waals surface area contributed by atoms with Gasteiger partial charge in [-0.15, -0.1) is 0 Å². The highest BCUT2D eigenvalue weighted by molar-refractivity contribution is 6.41. The Labute approximate surface area is 141 Å². The van der Waals surface area contributed by atoms with Crippen LogP contribution in [0.25, 0.3) is 11.1 Å². The minimum absolute atomic E-state index is 0.463. The summed E-state index contributed by atoms with van der Waals surface area (Å²) in [6, 6.07) is 10.2. The van der Waals surface area contributed by atoms with Crippen LogP contribution in [0.1, 0.15) is 25.0 Å². The van der Waals surface area contributed by atoms with Crippen molar-refractivity contribution in [1.29, 1.82) is 0 Å². The third-order valence-corrected chi connectivity index (χ3v) is 4.10. The summed E-state index contributed by atoms with van der Waals surface area (Å²) < 4.78 is 0. The summed E-state index contributed by atoms with van der Waals surface area (Å²) in [5, 5.41) is 5.10. The molecule has 1 nitrogen and oxygen atoms in total. The van der Waals surface area contributed by atoms with Gasteiger partial charge in [-0.2, -0.15) is 0 Å². The second-order valence-electron chi connectivity index (χ2n) is 5.43. The molecule has 0 heterocycles. The van der Waals surface area contributed by atoms with Gasteiger partial charge in [0.2, 0.25) is 0 Å². The molecule has 0 saturated carbocycles. The standard InChI is InChI=1S/C17H18Cl3N/c1-10(2)21-9-12-4-5-14(11(3)6-12)17-15(19)7-13(18)8-16(17)20/h4-8,10,21H,9H2,1-3H3. The zero-order valence-corrected chi connectivity index (χ0v) is 14.6. The Kier molecular flexibility index (Phi) is 5.56. The molecule has 0 aliphatic carbocycles. The van der Waals surface area contributed by atoms with Gasteiger partial charge < -0.3 is 5.32 Å². The van der Waals surface area contributed by atoms with E-state index >= 15 is 0 Å². The summed E-state index contributed by atoms with van der Waals surface area (Å²) in [4.78, 5) is 0. The topological polar surface area (TPSA) is 12.0 Å². The van der Waals surface area contributed by atoms with Crippen LogP contribution in [0.2, 0.25) is 15.1 Å². The van der Waals surface area contributed by atoms with Crippen LogP contribution in [0, 0.1) is 6.92 Å². The van der Waals surface area contributed by atoms with Crippen molar-refractivity contribution in [1.82, 2.24) is 5.32 Å². The largest absolute Gasteiger partial charge is 0.310 e. The second-order valence-corrected chi connectivity index (χ2v) is 6.68.